The second kappa shape index (κ2) is 7.75. The van der Waals surface area contributed by atoms with E-state index >= 15 is 0 Å². The van der Waals surface area contributed by atoms with Gasteiger partial charge in [0.15, 0.2) is 0 Å². The molecule has 8 heteroatoms. The first kappa shape index (κ1) is 17.1. The van der Waals surface area contributed by atoms with Crippen LogP contribution in [-0.2, 0) is 14.8 Å². The van der Waals surface area contributed by atoms with Crippen LogP contribution >= 0.6 is 0 Å². The van der Waals surface area contributed by atoms with Crippen molar-refractivity contribution < 1.29 is 23.1 Å². The number of hydrogen-bond donors (Lipinski definition) is 3. The average molecular weight is 314 g/mol. The van der Waals surface area contributed by atoms with Crippen LogP contribution in [0.2, 0.25) is 0 Å². The lowest BCUT2D eigenvalue weighted by Crippen LogP contribution is -2.25. The summed E-state index contributed by atoms with van der Waals surface area (Å²) in [6, 6.07) is 5.33. The second-order valence-corrected chi connectivity index (χ2v) is 6.26. The molecule has 4 N–H and O–H groups in total. The summed E-state index contributed by atoms with van der Waals surface area (Å²) in [7, 11) is -3.62. The van der Waals surface area contributed by atoms with E-state index in [9.17, 15) is 18.0 Å². The molecule has 0 saturated heterocycles. The SMILES string of the molecule is NC(=O)c1ccc(S(=O)(=O)NCCCCCC(=O)O)cc1. The first-order valence-electron chi connectivity index (χ1n) is 6.44. The van der Waals surface area contributed by atoms with Gasteiger partial charge in [0.1, 0.15) is 0 Å². The van der Waals surface area contributed by atoms with Gasteiger partial charge in [-0.05, 0) is 37.1 Å². The maximum atomic E-state index is 11.9. The molecular formula is C13H18N2O5S. The first-order valence-corrected chi connectivity index (χ1v) is 7.92. The van der Waals surface area contributed by atoms with Gasteiger partial charge in [-0.3, -0.25) is 9.59 Å². The van der Waals surface area contributed by atoms with Gasteiger partial charge in [-0.15, -0.1) is 0 Å². The first-order chi connectivity index (χ1) is 9.83. The fourth-order valence-corrected chi connectivity index (χ4v) is 2.74. The van der Waals surface area contributed by atoms with Crippen molar-refractivity contribution in [3.05, 3.63) is 29.8 Å². The third-order valence-electron chi connectivity index (χ3n) is 2.81. The van der Waals surface area contributed by atoms with Gasteiger partial charge in [0.2, 0.25) is 15.9 Å². The van der Waals surface area contributed by atoms with E-state index in [0.717, 1.165) is 0 Å². The zero-order chi connectivity index (χ0) is 15.9. The molecule has 1 aromatic rings. The van der Waals surface area contributed by atoms with Gasteiger partial charge < -0.3 is 10.8 Å². The summed E-state index contributed by atoms with van der Waals surface area (Å²) in [4.78, 5) is 21.3. The number of rotatable bonds is 9. The minimum Gasteiger partial charge on any atom is -0.481 e. The van der Waals surface area contributed by atoms with Crippen molar-refractivity contribution in [2.75, 3.05) is 6.54 Å². The van der Waals surface area contributed by atoms with Gasteiger partial charge in [-0.1, -0.05) is 6.42 Å². The fourth-order valence-electron chi connectivity index (χ4n) is 1.67. The highest BCUT2D eigenvalue weighted by Gasteiger charge is 2.13. The quantitative estimate of drug-likeness (QED) is 0.578. The number of benzene rings is 1. The number of sulfonamides is 1. The van der Waals surface area contributed by atoms with Crippen molar-refractivity contribution in [3.63, 3.8) is 0 Å². The normalized spacial score (nSPS) is 11.2. The van der Waals surface area contributed by atoms with E-state index in [1.165, 1.54) is 24.3 Å². The third-order valence-corrected chi connectivity index (χ3v) is 4.29. The number of hydrogen-bond acceptors (Lipinski definition) is 4. The summed E-state index contributed by atoms with van der Waals surface area (Å²) in [5.74, 6) is -1.48. The molecule has 0 aliphatic rings. The Labute approximate surface area is 123 Å². The maximum Gasteiger partial charge on any atom is 0.303 e. The topological polar surface area (TPSA) is 127 Å². The molecule has 21 heavy (non-hydrogen) atoms. The lowest BCUT2D eigenvalue weighted by atomic mass is 10.2. The number of nitrogens with two attached hydrogens (primary N) is 1. The van der Waals surface area contributed by atoms with Gasteiger partial charge in [-0.25, -0.2) is 13.1 Å². The molecule has 0 radical (unpaired) electrons. The monoisotopic (exact) mass is 314 g/mol. The van der Waals surface area contributed by atoms with Crippen LogP contribution in [0.25, 0.3) is 0 Å². The molecule has 0 aliphatic heterocycles. The third kappa shape index (κ3) is 5.92. The zero-order valence-corrected chi connectivity index (χ0v) is 12.2. The summed E-state index contributed by atoms with van der Waals surface area (Å²) in [5, 5.41) is 8.46. The number of carbonyl (C=O) groups excluding carboxylic acids is 1. The Kier molecular flexibility index (Phi) is 6.32. The van der Waals surface area contributed by atoms with Crippen molar-refractivity contribution in [1.82, 2.24) is 4.72 Å². The Bertz CT molecular complexity index is 595. The Morgan fingerprint density at radius 1 is 1.10 bits per heavy atom. The molecule has 116 valence electrons. The molecule has 0 fully saturated rings. The number of carbonyl (C=O) groups is 2. The number of carboxylic acids is 1. The molecular weight excluding hydrogens is 296 g/mol. The number of nitrogens with one attached hydrogen (secondary N) is 1. The van der Waals surface area contributed by atoms with Gasteiger partial charge >= 0.3 is 5.97 Å². The van der Waals surface area contributed by atoms with E-state index in [2.05, 4.69) is 4.72 Å². The average Bonchev–Trinajstić information content (AvgIpc) is 2.42. The molecule has 0 atom stereocenters. The molecule has 0 aliphatic carbocycles. The highest BCUT2D eigenvalue weighted by atomic mass is 32.2. The van der Waals surface area contributed by atoms with Crippen molar-refractivity contribution in [2.45, 2.75) is 30.6 Å². The molecule has 0 heterocycles. The summed E-state index contributed by atoms with van der Waals surface area (Å²) >= 11 is 0. The predicted molar refractivity (Wildman–Crippen MR) is 76.3 cm³/mol. The highest BCUT2D eigenvalue weighted by molar-refractivity contribution is 7.89. The van der Waals surface area contributed by atoms with Crippen LogP contribution in [0.3, 0.4) is 0 Å². The van der Waals surface area contributed by atoms with Crippen molar-refractivity contribution in [1.29, 1.82) is 0 Å². The van der Waals surface area contributed by atoms with Crippen LogP contribution in [0.15, 0.2) is 29.2 Å². The summed E-state index contributed by atoms with van der Waals surface area (Å²) in [5.41, 5.74) is 5.31. The standard InChI is InChI=1S/C13H18N2O5S/c14-13(18)10-5-7-11(8-6-10)21(19,20)15-9-3-1-2-4-12(16)17/h5-8,15H,1-4,9H2,(H2,14,18)(H,16,17). The van der Waals surface area contributed by atoms with Crippen LogP contribution in [0.1, 0.15) is 36.0 Å². The predicted octanol–water partition coefficient (Wildman–Crippen LogP) is 0.709. The highest BCUT2D eigenvalue weighted by Crippen LogP contribution is 2.10. The largest absolute Gasteiger partial charge is 0.481 e. The lowest BCUT2D eigenvalue weighted by Gasteiger charge is -2.07. The Balaban J connectivity index is 2.46. The summed E-state index contributed by atoms with van der Waals surface area (Å²) in [6.45, 7) is 0.236. The number of unbranched alkanes of at least 4 members (excludes halogenated alkanes) is 2. The zero-order valence-electron chi connectivity index (χ0n) is 11.4. The van der Waals surface area contributed by atoms with E-state index in [4.69, 9.17) is 10.8 Å². The van der Waals surface area contributed by atoms with Gasteiger partial charge in [0.05, 0.1) is 4.90 Å². The Morgan fingerprint density at radius 3 is 2.24 bits per heavy atom. The maximum absolute atomic E-state index is 11.9. The van der Waals surface area contributed by atoms with Crippen LogP contribution in [-0.4, -0.2) is 31.9 Å². The van der Waals surface area contributed by atoms with Gasteiger partial charge in [-0.2, -0.15) is 0 Å². The number of primary amides is 1. The molecule has 1 amide bonds. The van der Waals surface area contributed by atoms with E-state index in [-0.39, 0.29) is 23.4 Å². The lowest BCUT2D eigenvalue weighted by molar-refractivity contribution is -0.137. The van der Waals surface area contributed by atoms with E-state index in [0.29, 0.717) is 19.3 Å². The summed E-state index contributed by atoms with van der Waals surface area (Å²) < 4.78 is 26.3. The van der Waals surface area contributed by atoms with Crippen LogP contribution in [0.5, 0.6) is 0 Å². The Morgan fingerprint density at radius 2 is 1.71 bits per heavy atom. The number of carboxylic acid groups (broad SMARTS) is 1. The molecule has 0 spiro atoms. The van der Waals surface area contributed by atoms with Crippen molar-refractivity contribution in [2.24, 2.45) is 5.73 Å². The van der Waals surface area contributed by atoms with Gasteiger partial charge in [0, 0.05) is 18.5 Å². The molecule has 0 bridgehead atoms. The van der Waals surface area contributed by atoms with Crippen LogP contribution in [0, 0.1) is 0 Å². The molecule has 0 saturated carbocycles. The smallest absolute Gasteiger partial charge is 0.303 e. The second-order valence-electron chi connectivity index (χ2n) is 4.49. The number of amides is 1. The number of aliphatic carboxylic acids is 1. The molecule has 1 aromatic carbocycles. The molecule has 1 rings (SSSR count). The minimum absolute atomic E-state index is 0.0537. The fraction of sp³-hybridized carbons (Fsp3) is 0.385. The van der Waals surface area contributed by atoms with Crippen LogP contribution in [0.4, 0.5) is 0 Å². The van der Waals surface area contributed by atoms with Crippen molar-refractivity contribution >= 4 is 21.9 Å². The molecule has 0 aromatic heterocycles. The molecule has 7 nitrogen and oxygen atoms in total. The Hall–Kier alpha value is -1.93. The van der Waals surface area contributed by atoms with Crippen LogP contribution < -0.4 is 10.5 Å². The van der Waals surface area contributed by atoms with E-state index < -0.39 is 21.9 Å². The van der Waals surface area contributed by atoms with Gasteiger partial charge in [0.25, 0.3) is 0 Å². The van der Waals surface area contributed by atoms with E-state index in [1.54, 1.807) is 0 Å². The van der Waals surface area contributed by atoms with E-state index in [1.807, 2.05) is 0 Å². The summed E-state index contributed by atoms with van der Waals surface area (Å²) in [6.07, 6.45) is 1.80. The minimum atomic E-state index is -3.62. The van der Waals surface area contributed by atoms with Crippen molar-refractivity contribution in [3.8, 4) is 0 Å². The molecule has 0 unspecified atom stereocenters.